The second-order valence-electron chi connectivity index (χ2n) is 6.43. The van der Waals surface area contributed by atoms with Crippen LogP contribution >= 0.6 is 0 Å². The molecule has 1 fully saturated rings. The van der Waals surface area contributed by atoms with Crippen LogP contribution in [0.15, 0.2) is 42.5 Å². The lowest BCUT2D eigenvalue weighted by Gasteiger charge is -2.41. The van der Waals surface area contributed by atoms with Crippen LogP contribution in [-0.4, -0.2) is 67.5 Å². The minimum atomic E-state index is -0.467. The SMILES string of the molecule is C[C@H]1CN(c2ccc3nnnn3n2)CCN1C[C@H](O)c1ccccc1. The number of hydrogen-bond acceptors (Lipinski definition) is 7. The summed E-state index contributed by atoms with van der Waals surface area (Å²) in [6.07, 6.45) is -0.467. The molecule has 3 aromatic rings. The molecule has 8 nitrogen and oxygen atoms in total. The van der Waals surface area contributed by atoms with Gasteiger partial charge in [0, 0.05) is 32.2 Å². The predicted molar refractivity (Wildman–Crippen MR) is 93.2 cm³/mol. The Hall–Kier alpha value is -2.58. The molecule has 1 N–H and O–H groups in total. The summed E-state index contributed by atoms with van der Waals surface area (Å²) in [6.45, 7) is 5.40. The second-order valence-corrected chi connectivity index (χ2v) is 6.43. The van der Waals surface area contributed by atoms with Crippen molar-refractivity contribution >= 4 is 11.5 Å². The van der Waals surface area contributed by atoms with Crippen molar-refractivity contribution in [3.05, 3.63) is 48.0 Å². The summed E-state index contributed by atoms with van der Waals surface area (Å²) in [5, 5.41) is 26.3. The number of piperazine rings is 1. The molecule has 0 aliphatic carbocycles. The third kappa shape index (κ3) is 3.31. The van der Waals surface area contributed by atoms with Gasteiger partial charge in [-0.3, -0.25) is 4.90 Å². The molecule has 2 aromatic heterocycles. The summed E-state index contributed by atoms with van der Waals surface area (Å²) in [4.78, 5) is 4.56. The van der Waals surface area contributed by atoms with Gasteiger partial charge in [0.1, 0.15) is 0 Å². The van der Waals surface area contributed by atoms with Crippen molar-refractivity contribution in [3.63, 3.8) is 0 Å². The summed E-state index contributed by atoms with van der Waals surface area (Å²) >= 11 is 0. The zero-order valence-electron chi connectivity index (χ0n) is 14.1. The van der Waals surface area contributed by atoms with Crippen molar-refractivity contribution in [2.45, 2.75) is 19.1 Å². The molecule has 0 bridgehead atoms. The van der Waals surface area contributed by atoms with Crippen molar-refractivity contribution in [1.82, 2.24) is 30.2 Å². The van der Waals surface area contributed by atoms with Crippen LogP contribution < -0.4 is 4.90 Å². The smallest absolute Gasteiger partial charge is 0.200 e. The highest BCUT2D eigenvalue weighted by Crippen LogP contribution is 2.20. The van der Waals surface area contributed by atoms with E-state index in [9.17, 15) is 5.11 Å². The van der Waals surface area contributed by atoms with Crippen LogP contribution in [0.3, 0.4) is 0 Å². The summed E-state index contributed by atoms with van der Waals surface area (Å²) < 4.78 is 1.45. The Balaban J connectivity index is 1.41. The minimum absolute atomic E-state index is 0.318. The van der Waals surface area contributed by atoms with Gasteiger partial charge in [-0.15, -0.1) is 14.8 Å². The van der Waals surface area contributed by atoms with Gasteiger partial charge in [-0.25, -0.2) is 0 Å². The molecule has 4 rings (SSSR count). The van der Waals surface area contributed by atoms with Crippen molar-refractivity contribution < 1.29 is 5.11 Å². The minimum Gasteiger partial charge on any atom is -0.387 e. The van der Waals surface area contributed by atoms with Crippen molar-refractivity contribution in [1.29, 1.82) is 0 Å². The standard InChI is InChI=1S/C17H21N7O/c1-13-11-23(17-8-7-16-18-20-21-24(16)19-17)10-9-22(13)12-15(25)14-5-3-2-4-6-14/h2-8,13,15,25H,9-12H2,1H3/t13-,15-/m0/s1. The van der Waals surface area contributed by atoms with E-state index in [-0.39, 0.29) is 0 Å². The van der Waals surface area contributed by atoms with Crippen LogP contribution in [0.5, 0.6) is 0 Å². The average Bonchev–Trinajstić information content (AvgIpc) is 3.12. The quantitative estimate of drug-likeness (QED) is 0.751. The van der Waals surface area contributed by atoms with E-state index >= 15 is 0 Å². The highest BCUT2D eigenvalue weighted by molar-refractivity contribution is 5.44. The Labute approximate surface area is 145 Å². The molecule has 2 atom stereocenters. The highest BCUT2D eigenvalue weighted by atomic mass is 16.3. The van der Waals surface area contributed by atoms with Gasteiger partial charge in [-0.2, -0.15) is 0 Å². The lowest BCUT2D eigenvalue weighted by atomic mass is 10.1. The maximum Gasteiger partial charge on any atom is 0.200 e. The number of aliphatic hydroxyl groups is 1. The van der Waals surface area contributed by atoms with E-state index in [0.29, 0.717) is 18.2 Å². The van der Waals surface area contributed by atoms with E-state index in [0.717, 1.165) is 31.0 Å². The molecule has 0 spiro atoms. The molecule has 1 aromatic carbocycles. The fourth-order valence-corrected chi connectivity index (χ4v) is 3.29. The van der Waals surface area contributed by atoms with E-state index in [1.165, 1.54) is 4.63 Å². The number of nitrogens with zero attached hydrogens (tertiary/aromatic N) is 7. The number of aliphatic hydroxyl groups excluding tert-OH is 1. The van der Waals surface area contributed by atoms with Gasteiger partial charge in [0.05, 0.1) is 6.10 Å². The zero-order chi connectivity index (χ0) is 17.2. The fourth-order valence-electron chi connectivity index (χ4n) is 3.29. The first kappa shape index (κ1) is 15.9. The predicted octanol–water partition coefficient (Wildman–Crippen LogP) is 0.763. The number of tetrazole rings is 1. The number of β-amino-alcohol motifs (C(OH)–C–C–N with tert-alkyl or cyclic N) is 1. The van der Waals surface area contributed by atoms with Gasteiger partial charge < -0.3 is 10.0 Å². The number of aromatic nitrogens is 5. The number of fused-ring (bicyclic) bond motifs is 1. The summed E-state index contributed by atoms with van der Waals surface area (Å²) in [5.74, 6) is 0.870. The first-order valence-corrected chi connectivity index (χ1v) is 8.48. The first-order chi connectivity index (χ1) is 12.2. The monoisotopic (exact) mass is 339 g/mol. The largest absolute Gasteiger partial charge is 0.387 e. The third-order valence-electron chi connectivity index (χ3n) is 4.74. The van der Waals surface area contributed by atoms with Crippen molar-refractivity contribution in [2.24, 2.45) is 0 Å². The Morgan fingerprint density at radius 3 is 2.80 bits per heavy atom. The molecule has 3 heterocycles. The number of anilines is 1. The number of benzene rings is 1. The van der Waals surface area contributed by atoms with Crippen LogP contribution in [0, 0.1) is 0 Å². The molecule has 0 saturated carbocycles. The Kier molecular flexibility index (Phi) is 4.29. The van der Waals surface area contributed by atoms with Crippen LogP contribution in [0.4, 0.5) is 5.82 Å². The summed E-state index contributed by atoms with van der Waals surface area (Å²) in [7, 11) is 0. The Bertz CT molecular complexity index is 837. The fraction of sp³-hybridized carbons (Fsp3) is 0.412. The highest BCUT2D eigenvalue weighted by Gasteiger charge is 2.26. The van der Waals surface area contributed by atoms with E-state index in [1.807, 2.05) is 42.5 Å². The van der Waals surface area contributed by atoms with Gasteiger partial charge in [0.15, 0.2) is 11.5 Å². The molecular formula is C17H21N7O. The topological polar surface area (TPSA) is 82.7 Å². The average molecular weight is 339 g/mol. The Morgan fingerprint density at radius 2 is 2.00 bits per heavy atom. The maximum atomic E-state index is 10.5. The third-order valence-corrected chi connectivity index (χ3v) is 4.74. The second kappa shape index (κ2) is 6.73. The molecule has 1 aliphatic heterocycles. The van der Waals surface area contributed by atoms with E-state index in [1.54, 1.807) is 0 Å². The zero-order valence-corrected chi connectivity index (χ0v) is 14.1. The van der Waals surface area contributed by atoms with Gasteiger partial charge in [-0.1, -0.05) is 30.3 Å². The molecule has 0 amide bonds. The van der Waals surface area contributed by atoms with Crippen molar-refractivity contribution in [2.75, 3.05) is 31.1 Å². The van der Waals surface area contributed by atoms with Crippen LogP contribution in [0.1, 0.15) is 18.6 Å². The van der Waals surface area contributed by atoms with Crippen LogP contribution in [0.2, 0.25) is 0 Å². The lowest BCUT2D eigenvalue weighted by molar-refractivity contribution is 0.0848. The first-order valence-electron chi connectivity index (χ1n) is 8.48. The number of hydrogen-bond donors (Lipinski definition) is 1. The molecule has 8 heteroatoms. The summed E-state index contributed by atoms with van der Waals surface area (Å²) in [5.41, 5.74) is 1.60. The molecule has 25 heavy (non-hydrogen) atoms. The van der Waals surface area contributed by atoms with E-state index in [2.05, 4.69) is 37.3 Å². The number of rotatable bonds is 4. The van der Waals surface area contributed by atoms with Crippen molar-refractivity contribution in [3.8, 4) is 0 Å². The molecule has 1 aliphatic rings. The molecule has 130 valence electrons. The lowest BCUT2D eigenvalue weighted by Crippen LogP contribution is -2.53. The van der Waals surface area contributed by atoms with Gasteiger partial charge in [0.2, 0.25) is 0 Å². The van der Waals surface area contributed by atoms with Gasteiger partial charge >= 0.3 is 0 Å². The Morgan fingerprint density at radius 1 is 1.16 bits per heavy atom. The maximum absolute atomic E-state index is 10.5. The normalized spacial score (nSPS) is 20.1. The molecule has 0 unspecified atom stereocenters. The molecule has 1 saturated heterocycles. The van der Waals surface area contributed by atoms with E-state index < -0.39 is 6.10 Å². The van der Waals surface area contributed by atoms with E-state index in [4.69, 9.17) is 0 Å². The molecule has 0 radical (unpaired) electrons. The van der Waals surface area contributed by atoms with Gasteiger partial charge in [0.25, 0.3) is 0 Å². The van der Waals surface area contributed by atoms with Crippen LogP contribution in [0.25, 0.3) is 5.65 Å². The van der Waals surface area contributed by atoms with Crippen LogP contribution in [-0.2, 0) is 0 Å². The molecular weight excluding hydrogens is 318 g/mol. The van der Waals surface area contributed by atoms with Gasteiger partial charge in [-0.05, 0) is 35.0 Å². The summed E-state index contributed by atoms with van der Waals surface area (Å²) in [6, 6.07) is 14.0.